The molecule has 2 rings (SSSR count). The zero-order valence-corrected chi connectivity index (χ0v) is 15.3. The third kappa shape index (κ3) is 3.25. The molecule has 0 saturated carbocycles. The van der Waals surface area contributed by atoms with Crippen LogP contribution in [0.3, 0.4) is 0 Å². The van der Waals surface area contributed by atoms with E-state index in [1.54, 1.807) is 24.8 Å². The van der Waals surface area contributed by atoms with E-state index in [0.717, 1.165) is 5.56 Å². The van der Waals surface area contributed by atoms with Gasteiger partial charge in [0.15, 0.2) is 5.82 Å². The Labute approximate surface area is 144 Å². The second-order valence-electron chi connectivity index (χ2n) is 5.54. The van der Waals surface area contributed by atoms with Crippen molar-refractivity contribution in [2.45, 2.75) is 39.5 Å². The zero-order valence-electron chi connectivity index (χ0n) is 14.5. The first kappa shape index (κ1) is 18.3. The van der Waals surface area contributed by atoms with Crippen LogP contribution in [0.25, 0.3) is 11.4 Å². The summed E-state index contributed by atoms with van der Waals surface area (Å²) in [5, 5.41) is 4.26. The number of rotatable bonds is 4. The lowest BCUT2D eigenvalue weighted by molar-refractivity contribution is 0.201. The van der Waals surface area contributed by atoms with Crippen molar-refractivity contribution in [1.29, 1.82) is 0 Å². The Kier molecular flexibility index (Phi) is 5.51. The maximum Gasteiger partial charge on any atom is 0.346 e. The summed E-state index contributed by atoms with van der Waals surface area (Å²) in [6, 6.07) is 1.54. The molecule has 0 aliphatic carbocycles. The average Bonchev–Trinajstić information content (AvgIpc) is 2.96. The number of aromatic nitrogens is 3. The molecule has 0 spiro atoms. The molecule has 0 aliphatic heterocycles. The minimum absolute atomic E-state index is 0.252. The molecule has 1 aromatic carbocycles. The van der Waals surface area contributed by atoms with Crippen molar-refractivity contribution < 1.29 is 13.6 Å². The van der Waals surface area contributed by atoms with Crippen LogP contribution < -0.4 is 0 Å². The van der Waals surface area contributed by atoms with E-state index >= 15 is 0 Å². The molecule has 0 bridgehead atoms. The highest BCUT2D eigenvalue weighted by atomic mass is 32.2. The van der Waals surface area contributed by atoms with Gasteiger partial charge in [-0.15, -0.1) is 5.10 Å². The van der Waals surface area contributed by atoms with Crippen molar-refractivity contribution in [3.05, 3.63) is 29.1 Å². The van der Waals surface area contributed by atoms with Crippen molar-refractivity contribution >= 4 is 17.1 Å². The fraction of sp³-hybridized carbons (Fsp3) is 0.438. The predicted molar refractivity (Wildman–Crippen MR) is 90.6 cm³/mol. The highest BCUT2D eigenvalue weighted by Crippen LogP contribution is 2.30. The van der Waals surface area contributed by atoms with Crippen molar-refractivity contribution in [3.63, 3.8) is 0 Å². The van der Waals surface area contributed by atoms with Crippen LogP contribution in [-0.4, -0.2) is 47.5 Å². The van der Waals surface area contributed by atoms with E-state index < -0.39 is 11.1 Å². The van der Waals surface area contributed by atoms with Crippen molar-refractivity contribution in [2.24, 2.45) is 0 Å². The minimum atomic E-state index is -2.34. The second-order valence-corrected chi connectivity index (χ2v) is 6.42. The molecule has 0 N–H and O–H groups in total. The fourth-order valence-electron chi connectivity index (χ4n) is 2.88. The van der Waals surface area contributed by atoms with Crippen LogP contribution in [0.15, 0.2) is 17.3 Å². The molecule has 0 fully saturated rings. The SMILES string of the molecule is CCN(CC)C(=O)n1cnc(-c2c(C)cc(C)c(S(=O)[O-])c2C)n1. The number of hydrogen-bond donors (Lipinski definition) is 0. The van der Waals surface area contributed by atoms with Gasteiger partial charge in [0.25, 0.3) is 0 Å². The predicted octanol–water partition coefficient (Wildman–Crippen LogP) is 2.42. The first-order valence-corrected chi connectivity index (χ1v) is 8.80. The van der Waals surface area contributed by atoms with Gasteiger partial charge in [0, 0.05) is 23.5 Å². The van der Waals surface area contributed by atoms with E-state index in [-0.39, 0.29) is 10.9 Å². The third-order valence-corrected chi connectivity index (χ3v) is 4.97. The topological polar surface area (TPSA) is 91.2 Å². The third-order valence-electron chi connectivity index (χ3n) is 4.01. The molecule has 1 aromatic heterocycles. The van der Waals surface area contributed by atoms with Crippen LogP contribution in [0.5, 0.6) is 0 Å². The number of aryl methyl sites for hydroxylation is 2. The number of benzene rings is 1. The molecule has 1 unspecified atom stereocenters. The summed E-state index contributed by atoms with van der Waals surface area (Å²) in [4.78, 5) is 18.4. The zero-order chi connectivity index (χ0) is 18.0. The fourth-order valence-corrected chi connectivity index (χ4v) is 3.55. The van der Waals surface area contributed by atoms with E-state index in [1.807, 2.05) is 20.8 Å². The molecule has 1 amide bonds. The molecule has 24 heavy (non-hydrogen) atoms. The molecular weight excluding hydrogens is 328 g/mol. The van der Waals surface area contributed by atoms with Gasteiger partial charge in [-0.25, -0.2) is 9.78 Å². The molecule has 8 heteroatoms. The summed E-state index contributed by atoms with van der Waals surface area (Å²) < 4.78 is 24.2. The second kappa shape index (κ2) is 7.23. The van der Waals surface area contributed by atoms with Crippen LogP contribution >= 0.6 is 0 Å². The van der Waals surface area contributed by atoms with Gasteiger partial charge >= 0.3 is 6.03 Å². The smallest absolute Gasteiger partial charge is 0.346 e. The van der Waals surface area contributed by atoms with E-state index in [9.17, 15) is 13.6 Å². The first-order valence-electron chi connectivity index (χ1n) is 7.73. The Morgan fingerprint density at radius 3 is 2.42 bits per heavy atom. The molecule has 0 radical (unpaired) electrons. The van der Waals surface area contributed by atoms with Gasteiger partial charge in [0.2, 0.25) is 0 Å². The molecule has 2 aromatic rings. The van der Waals surface area contributed by atoms with Gasteiger partial charge in [0.1, 0.15) is 6.33 Å². The van der Waals surface area contributed by atoms with Crippen LogP contribution in [0.4, 0.5) is 4.79 Å². The lowest BCUT2D eigenvalue weighted by atomic mass is 9.99. The minimum Gasteiger partial charge on any atom is -0.768 e. The van der Waals surface area contributed by atoms with Crippen LogP contribution in [-0.2, 0) is 11.1 Å². The summed E-state index contributed by atoms with van der Waals surface area (Å²) in [5.41, 5.74) is 2.78. The average molecular weight is 349 g/mol. The molecule has 7 nitrogen and oxygen atoms in total. The van der Waals surface area contributed by atoms with Gasteiger partial charge in [-0.05, 0) is 62.4 Å². The Morgan fingerprint density at radius 2 is 1.88 bits per heavy atom. The largest absolute Gasteiger partial charge is 0.768 e. The highest BCUT2D eigenvalue weighted by Gasteiger charge is 2.19. The number of nitrogens with zero attached hydrogens (tertiary/aromatic N) is 4. The van der Waals surface area contributed by atoms with Crippen LogP contribution in [0.2, 0.25) is 0 Å². The Bertz CT molecular complexity index is 797. The maximum absolute atomic E-state index is 12.3. The Hall–Kier alpha value is -2.06. The standard InChI is InChI=1S/C16H22N4O3S/c1-6-19(7-2)16(21)20-9-17-15(18-20)13-10(3)8-11(4)14(12(13)5)24(22)23/h8-9H,6-7H2,1-5H3,(H,22,23)/p-1. The summed E-state index contributed by atoms with van der Waals surface area (Å²) in [6.07, 6.45) is 1.36. The molecule has 1 heterocycles. The first-order chi connectivity index (χ1) is 11.3. The molecule has 1 atom stereocenters. The molecule has 0 saturated heterocycles. The van der Waals surface area contributed by atoms with Gasteiger partial charge in [-0.3, -0.25) is 4.21 Å². The summed E-state index contributed by atoms with van der Waals surface area (Å²) >= 11 is -2.34. The quantitative estimate of drug-likeness (QED) is 0.791. The summed E-state index contributed by atoms with van der Waals surface area (Å²) in [5.74, 6) is 0.345. The van der Waals surface area contributed by atoms with Crippen molar-refractivity contribution in [3.8, 4) is 11.4 Å². The lowest BCUT2D eigenvalue weighted by Gasteiger charge is -2.18. The number of carbonyl (C=O) groups excluding carboxylic acids is 1. The van der Waals surface area contributed by atoms with Gasteiger partial charge < -0.3 is 9.45 Å². The van der Waals surface area contributed by atoms with Crippen molar-refractivity contribution in [2.75, 3.05) is 13.1 Å². The number of carbonyl (C=O) groups is 1. The Balaban J connectivity index is 2.53. The van der Waals surface area contributed by atoms with E-state index in [0.29, 0.717) is 35.6 Å². The van der Waals surface area contributed by atoms with E-state index in [1.165, 1.54) is 11.0 Å². The van der Waals surface area contributed by atoms with Crippen LogP contribution in [0, 0.1) is 20.8 Å². The summed E-state index contributed by atoms with van der Waals surface area (Å²) in [6.45, 7) is 10.3. The molecule has 0 aliphatic rings. The number of hydrogen-bond acceptors (Lipinski definition) is 5. The molecular formula is C16H21N4O3S-. The van der Waals surface area contributed by atoms with Crippen LogP contribution in [0.1, 0.15) is 30.5 Å². The van der Waals surface area contributed by atoms with Gasteiger partial charge in [0.05, 0.1) is 0 Å². The van der Waals surface area contributed by atoms with Gasteiger partial charge in [-0.1, -0.05) is 6.07 Å². The van der Waals surface area contributed by atoms with E-state index in [2.05, 4.69) is 10.1 Å². The monoisotopic (exact) mass is 349 g/mol. The van der Waals surface area contributed by atoms with Crippen molar-refractivity contribution in [1.82, 2.24) is 19.7 Å². The van der Waals surface area contributed by atoms with Gasteiger partial charge in [-0.2, -0.15) is 4.68 Å². The lowest BCUT2D eigenvalue weighted by Crippen LogP contribution is -2.34. The normalized spacial score (nSPS) is 12.2. The highest BCUT2D eigenvalue weighted by molar-refractivity contribution is 7.79. The Morgan fingerprint density at radius 1 is 1.25 bits per heavy atom. The summed E-state index contributed by atoms with van der Waals surface area (Å²) in [7, 11) is 0. The number of amides is 1. The molecule has 130 valence electrons. The maximum atomic E-state index is 12.3. The van der Waals surface area contributed by atoms with E-state index in [4.69, 9.17) is 0 Å².